The Labute approximate surface area is 148 Å². The Balaban J connectivity index is 1.78. The van der Waals surface area contributed by atoms with E-state index in [0.29, 0.717) is 37.6 Å². The van der Waals surface area contributed by atoms with E-state index in [2.05, 4.69) is 6.58 Å². The monoisotopic (exact) mass is 346 g/mol. The molecule has 1 heterocycles. The van der Waals surface area contributed by atoms with Crippen molar-refractivity contribution in [2.75, 3.05) is 26.2 Å². The highest BCUT2D eigenvalue weighted by molar-refractivity contribution is 6.30. The average Bonchev–Trinajstić information content (AvgIpc) is 2.71. The molecule has 0 atom stereocenters. The van der Waals surface area contributed by atoms with Crippen LogP contribution in [0.15, 0.2) is 36.9 Å². The minimum absolute atomic E-state index is 0.0966. The van der Waals surface area contributed by atoms with E-state index >= 15 is 0 Å². The summed E-state index contributed by atoms with van der Waals surface area (Å²) in [7, 11) is 0. The zero-order valence-corrected chi connectivity index (χ0v) is 14.6. The first kappa shape index (κ1) is 17.0. The predicted molar refractivity (Wildman–Crippen MR) is 95.0 cm³/mol. The first-order valence-electron chi connectivity index (χ1n) is 8.51. The van der Waals surface area contributed by atoms with Gasteiger partial charge in [-0.2, -0.15) is 0 Å². The van der Waals surface area contributed by atoms with E-state index in [1.54, 1.807) is 11.0 Å². The van der Waals surface area contributed by atoms with Gasteiger partial charge < -0.3 is 9.80 Å². The number of carbonyl (C=O) groups excluding carboxylic acids is 2. The van der Waals surface area contributed by atoms with Crippen molar-refractivity contribution >= 4 is 23.4 Å². The number of nitrogens with zero attached hydrogens (tertiary/aromatic N) is 2. The molecule has 24 heavy (non-hydrogen) atoms. The molecular formula is C19H23ClN2O2. The SMILES string of the molecule is C=CCN1CCN(C(=O)C2(c3ccc(Cl)cc3)CCC2)CCC1=O. The second-order valence-corrected chi connectivity index (χ2v) is 7.05. The third-order valence-corrected chi connectivity index (χ3v) is 5.49. The molecule has 0 N–H and O–H groups in total. The van der Waals surface area contributed by atoms with Crippen molar-refractivity contribution in [1.29, 1.82) is 0 Å². The van der Waals surface area contributed by atoms with Crippen molar-refractivity contribution in [2.45, 2.75) is 31.1 Å². The molecule has 0 bridgehead atoms. The van der Waals surface area contributed by atoms with Crippen LogP contribution in [-0.4, -0.2) is 47.8 Å². The van der Waals surface area contributed by atoms with Gasteiger partial charge in [-0.25, -0.2) is 0 Å². The molecular weight excluding hydrogens is 324 g/mol. The minimum atomic E-state index is -0.429. The fourth-order valence-corrected chi connectivity index (χ4v) is 3.77. The fourth-order valence-electron chi connectivity index (χ4n) is 3.65. The Morgan fingerprint density at radius 2 is 1.92 bits per heavy atom. The van der Waals surface area contributed by atoms with E-state index in [4.69, 9.17) is 11.6 Å². The lowest BCUT2D eigenvalue weighted by Crippen LogP contribution is -2.51. The van der Waals surface area contributed by atoms with E-state index in [-0.39, 0.29) is 11.8 Å². The van der Waals surface area contributed by atoms with Gasteiger partial charge in [0, 0.05) is 37.6 Å². The Kier molecular flexibility index (Phi) is 4.95. The number of benzene rings is 1. The quantitative estimate of drug-likeness (QED) is 0.786. The Morgan fingerprint density at radius 3 is 2.50 bits per heavy atom. The van der Waals surface area contributed by atoms with Crippen molar-refractivity contribution < 1.29 is 9.59 Å². The second-order valence-electron chi connectivity index (χ2n) is 6.61. The zero-order chi connectivity index (χ0) is 17.2. The molecule has 1 saturated carbocycles. The summed E-state index contributed by atoms with van der Waals surface area (Å²) in [5.41, 5.74) is 0.614. The number of carbonyl (C=O) groups is 2. The highest BCUT2D eigenvalue weighted by Gasteiger charge is 2.47. The Hall–Kier alpha value is -1.81. The van der Waals surface area contributed by atoms with Gasteiger partial charge in [-0.15, -0.1) is 6.58 Å². The molecule has 1 aromatic rings. The van der Waals surface area contributed by atoms with Crippen LogP contribution in [0.3, 0.4) is 0 Å². The van der Waals surface area contributed by atoms with Gasteiger partial charge in [0.15, 0.2) is 0 Å². The lowest BCUT2D eigenvalue weighted by Gasteiger charge is -2.43. The summed E-state index contributed by atoms with van der Waals surface area (Å²) in [6, 6.07) is 7.63. The van der Waals surface area contributed by atoms with Crippen LogP contribution in [0.1, 0.15) is 31.2 Å². The summed E-state index contributed by atoms with van der Waals surface area (Å²) in [6.45, 7) is 5.91. The van der Waals surface area contributed by atoms with Crippen molar-refractivity contribution in [3.63, 3.8) is 0 Å². The molecule has 5 heteroatoms. The number of hydrogen-bond acceptors (Lipinski definition) is 2. The van der Waals surface area contributed by atoms with Gasteiger partial charge >= 0.3 is 0 Å². The van der Waals surface area contributed by atoms with Gasteiger partial charge in [-0.1, -0.05) is 36.2 Å². The van der Waals surface area contributed by atoms with Crippen molar-refractivity contribution in [1.82, 2.24) is 9.80 Å². The van der Waals surface area contributed by atoms with Crippen LogP contribution in [0.25, 0.3) is 0 Å². The molecule has 2 amide bonds. The fraction of sp³-hybridized carbons (Fsp3) is 0.474. The van der Waals surface area contributed by atoms with E-state index < -0.39 is 5.41 Å². The summed E-state index contributed by atoms with van der Waals surface area (Å²) in [4.78, 5) is 29.0. The summed E-state index contributed by atoms with van der Waals surface area (Å²) in [6.07, 6.45) is 4.92. The largest absolute Gasteiger partial charge is 0.340 e. The van der Waals surface area contributed by atoms with E-state index in [1.165, 1.54) is 0 Å². The molecule has 128 valence electrons. The number of hydrogen-bond donors (Lipinski definition) is 0. The predicted octanol–water partition coefficient (Wildman–Crippen LogP) is 3.01. The molecule has 1 aromatic carbocycles. The first-order chi connectivity index (χ1) is 11.6. The molecule has 0 spiro atoms. The number of rotatable bonds is 4. The summed E-state index contributed by atoms with van der Waals surface area (Å²) in [5, 5.41) is 0.682. The van der Waals surface area contributed by atoms with Crippen LogP contribution < -0.4 is 0 Å². The maximum Gasteiger partial charge on any atom is 0.233 e. The first-order valence-corrected chi connectivity index (χ1v) is 8.89. The highest BCUT2D eigenvalue weighted by atomic mass is 35.5. The Bertz CT molecular complexity index is 637. The van der Waals surface area contributed by atoms with Gasteiger partial charge in [0.2, 0.25) is 11.8 Å². The summed E-state index contributed by atoms with van der Waals surface area (Å²) in [5.74, 6) is 0.253. The third kappa shape index (κ3) is 3.07. The van der Waals surface area contributed by atoms with Crippen molar-refractivity contribution in [3.05, 3.63) is 47.5 Å². The molecule has 1 aliphatic carbocycles. The minimum Gasteiger partial charge on any atom is -0.340 e. The lowest BCUT2D eigenvalue weighted by molar-refractivity contribution is -0.140. The van der Waals surface area contributed by atoms with Crippen LogP contribution in [-0.2, 0) is 15.0 Å². The van der Waals surface area contributed by atoms with Crippen LogP contribution >= 0.6 is 11.6 Å². The molecule has 0 radical (unpaired) electrons. The van der Waals surface area contributed by atoms with Gasteiger partial charge in [0.25, 0.3) is 0 Å². The molecule has 0 aromatic heterocycles. The molecule has 3 rings (SSSR count). The zero-order valence-electron chi connectivity index (χ0n) is 13.8. The molecule has 2 fully saturated rings. The van der Waals surface area contributed by atoms with Gasteiger partial charge in [0.05, 0.1) is 5.41 Å². The van der Waals surface area contributed by atoms with Crippen LogP contribution in [0.2, 0.25) is 5.02 Å². The Morgan fingerprint density at radius 1 is 1.21 bits per heavy atom. The molecule has 1 saturated heterocycles. The van der Waals surface area contributed by atoms with E-state index in [1.807, 2.05) is 29.2 Å². The number of amides is 2. The average molecular weight is 347 g/mol. The van der Waals surface area contributed by atoms with Crippen LogP contribution in [0, 0.1) is 0 Å². The number of halogens is 1. The maximum absolute atomic E-state index is 13.3. The van der Waals surface area contributed by atoms with E-state index in [0.717, 1.165) is 24.8 Å². The molecule has 1 aliphatic heterocycles. The normalized spacial score (nSPS) is 20.3. The van der Waals surface area contributed by atoms with Gasteiger partial charge in [-0.05, 0) is 30.5 Å². The van der Waals surface area contributed by atoms with E-state index in [9.17, 15) is 9.59 Å². The lowest BCUT2D eigenvalue weighted by atomic mass is 9.63. The third-order valence-electron chi connectivity index (χ3n) is 5.24. The van der Waals surface area contributed by atoms with Crippen molar-refractivity contribution in [2.24, 2.45) is 0 Å². The summed E-state index contributed by atoms with van der Waals surface area (Å²) < 4.78 is 0. The molecule has 4 nitrogen and oxygen atoms in total. The van der Waals surface area contributed by atoms with Crippen LogP contribution in [0.5, 0.6) is 0 Å². The molecule has 0 unspecified atom stereocenters. The maximum atomic E-state index is 13.3. The van der Waals surface area contributed by atoms with Crippen LogP contribution in [0.4, 0.5) is 0 Å². The topological polar surface area (TPSA) is 40.6 Å². The smallest absolute Gasteiger partial charge is 0.233 e. The second kappa shape index (κ2) is 6.98. The van der Waals surface area contributed by atoms with Gasteiger partial charge in [0.1, 0.15) is 0 Å². The molecule has 2 aliphatic rings. The van der Waals surface area contributed by atoms with Gasteiger partial charge in [-0.3, -0.25) is 9.59 Å². The summed E-state index contributed by atoms with van der Waals surface area (Å²) >= 11 is 5.99. The highest BCUT2D eigenvalue weighted by Crippen LogP contribution is 2.45. The standard InChI is InChI=1S/C19H23ClN2O2/c1-2-11-21-13-14-22(12-8-17(21)23)18(24)19(9-3-10-19)15-4-6-16(20)7-5-15/h2,4-7H,1,3,8-14H2. The van der Waals surface area contributed by atoms with Crippen molar-refractivity contribution in [3.8, 4) is 0 Å².